The number of nitrogens with one attached hydrogen (secondary N) is 1. The zero-order valence-corrected chi connectivity index (χ0v) is 11.9. The van der Waals surface area contributed by atoms with Crippen molar-refractivity contribution in [2.45, 2.75) is 25.9 Å². The molecule has 1 saturated heterocycles. The van der Waals surface area contributed by atoms with Crippen molar-refractivity contribution in [3.05, 3.63) is 24.0 Å². The summed E-state index contributed by atoms with van der Waals surface area (Å²) < 4.78 is 5.54. The van der Waals surface area contributed by atoms with Gasteiger partial charge in [-0.3, -0.25) is 4.98 Å². The van der Waals surface area contributed by atoms with Crippen molar-refractivity contribution < 1.29 is 19.4 Å². The number of urea groups is 1. The molecule has 1 aliphatic heterocycles. The molecule has 7 heteroatoms. The van der Waals surface area contributed by atoms with E-state index in [1.54, 1.807) is 4.90 Å². The van der Waals surface area contributed by atoms with E-state index in [4.69, 9.17) is 9.84 Å². The highest BCUT2D eigenvalue weighted by Gasteiger charge is 2.23. The lowest BCUT2D eigenvalue weighted by Crippen LogP contribution is -2.43. The predicted molar refractivity (Wildman–Crippen MR) is 76.4 cm³/mol. The average Bonchev–Trinajstić information content (AvgIpc) is 2.48. The van der Waals surface area contributed by atoms with Gasteiger partial charge in [0, 0.05) is 25.9 Å². The van der Waals surface area contributed by atoms with E-state index in [1.165, 1.54) is 18.5 Å². The van der Waals surface area contributed by atoms with Gasteiger partial charge in [-0.05, 0) is 25.8 Å². The van der Waals surface area contributed by atoms with E-state index in [1.807, 2.05) is 6.92 Å². The molecule has 7 nitrogen and oxygen atoms in total. The Balaban J connectivity index is 1.90. The Bertz CT molecular complexity index is 513. The van der Waals surface area contributed by atoms with Crippen LogP contribution in [0.1, 0.15) is 30.1 Å². The monoisotopic (exact) mass is 293 g/mol. The maximum absolute atomic E-state index is 12.1. The Kier molecular flexibility index (Phi) is 5.10. The van der Waals surface area contributed by atoms with E-state index in [0.717, 1.165) is 12.8 Å². The van der Waals surface area contributed by atoms with Crippen LogP contribution < -0.4 is 5.32 Å². The third kappa shape index (κ3) is 4.16. The molecule has 0 unspecified atom stereocenters. The van der Waals surface area contributed by atoms with E-state index in [2.05, 4.69) is 10.3 Å². The Hall–Kier alpha value is -2.15. The van der Waals surface area contributed by atoms with Gasteiger partial charge in [-0.25, -0.2) is 9.59 Å². The van der Waals surface area contributed by atoms with Crippen molar-refractivity contribution in [1.82, 2.24) is 9.88 Å². The molecular weight excluding hydrogens is 274 g/mol. The topological polar surface area (TPSA) is 91.8 Å². The number of carbonyl (C=O) groups excluding carboxylic acids is 1. The number of aromatic nitrogens is 1. The number of anilines is 1. The van der Waals surface area contributed by atoms with Gasteiger partial charge in [-0.1, -0.05) is 0 Å². The molecule has 2 rings (SSSR count). The van der Waals surface area contributed by atoms with Crippen LogP contribution in [0.2, 0.25) is 0 Å². The van der Waals surface area contributed by atoms with Crippen molar-refractivity contribution in [2.75, 3.05) is 25.0 Å². The molecule has 0 saturated carbocycles. The third-order valence-corrected chi connectivity index (χ3v) is 3.37. The molecule has 114 valence electrons. The number of hydrogen-bond acceptors (Lipinski definition) is 4. The molecule has 2 amide bonds. The number of piperidine rings is 1. The van der Waals surface area contributed by atoms with Crippen LogP contribution in [0.4, 0.5) is 10.5 Å². The van der Waals surface area contributed by atoms with Gasteiger partial charge < -0.3 is 20.1 Å². The summed E-state index contributed by atoms with van der Waals surface area (Å²) in [5, 5.41) is 11.6. The molecule has 2 heterocycles. The van der Waals surface area contributed by atoms with Gasteiger partial charge in [0.05, 0.1) is 23.6 Å². The van der Waals surface area contributed by atoms with Crippen molar-refractivity contribution >= 4 is 17.7 Å². The molecule has 1 aromatic heterocycles. The van der Waals surface area contributed by atoms with E-state index >= 15 is 0 Å². The smallest absolute Gasteiger partial charge is 0.337 e. The van der Waals surface area contributed by atoms with Gasteiger partial charge in [0.2, 0.25) is 0 Å². The fourth-order valence-corrected chi connectivity index (χ4v) is 2.29. The highest BCUT2D eigenvalue weighted by Crippen LogP contribution is 2.15. The highest BCUT2D eigenvalue weighted by atomic mass is 16.5. The zero-order chi connectivity index (χ0) is 15.2. The first-order valence-corrected chi connectivity index (χ1v) is 6.96. The molecule has 0 radical (unpaired) electrons. The van der Waals surface area contributed by atoms with Gasteiger partial charge in [0.25, 0.3) is 0 Å². The van der Waals surface area contributed by atoms with Crippen LogP contribution in [0.25, 0.3) is 0 Å². The van der Waals surface area contributed by atoms with Crippen LogP contribution >= 0.6 is 0 Å². The summed E-state index contributed by atoms with van der Waals surface area (Å²) in [5.74, 6) is -1.07. The number of hydrogen-bond donors (Lipinski definition) is 2. The van der Waals surface area contributed by atoms with Crippen LogP contribution in [-0.2, 0) is 4.74 Å². The van der Waals surface area contributed by atoms with E-state index < -0.39 is 5.97 Å². The number of carbonyl (C=O) groups is 2. The molecule has 2 N–H and O–H groups in total. The summed E-state index contributed by atoms with van der Waals surface area (Å²) in [6.07, 6.45) is 4.52. The van der Waals surface area contributed by atoms with Crippen molar-refractivity contribution in [3.8, 4) is 0 Å². The Morgan fingerprint density at radius 3 is 2.76 bits per heavy atom. The van der Waals surface area contributed by atoms with Gasteiger partial charge in [-0.15, -0.1) is 0 Å². The van der Waals surface area contributed by atoms with Crippen LogP contribution in [0, 0.1) is 0 Å². The van der Waals surface area contributed by atoms with Gasteiger partial charge in [0.15, 0.2) is 0 Å². The number of amides is 2. The number of carboxylic acid groups (broad SMARTS) is 1. The number of pyridine rings is 1. The largest absolute Gasteiger partial charge is 0.478 e. The molecule has 1 fully saturated rings. The number of carboxylic acids is 1. The summed E-state index contributed by atoms with van der Waals surface area (Å²) in [7, 11) is 0. The molecule has 21 heavy (non-hydrogen) atoms. The van der Waals surface area contributed by atoms with E-state index in [-0.39, 0.29) is 17.7 Å². The molecule has 1 aliphatic rings. The minimum Gasteiger partial charge on any atom is -0.478 e. The molecule has 0 aromatic carbocycles. The molecule has 0 aliphatic carbocycles. The van der Waals surface area contributed by atoms with E-state index in [0.29, 0.717) is 25.4 Å². The number of ether oxygens (including phenoxy) is 1. The van der Waals surface area contributed by atoms with Gasteiger partial charge in [0.1, 0.15) is 0 Å². The molecule has 0 bridgehead atoms. The summed E-state index contributed by atoms with van der Waals surface area (Å²) in [6.45, 7) is 3.90. The summed E-state index contributed by atoms with van der Waals surface area (Å²) in [6, 6.07) is 1.15. The van der Waals surface area contributed by atoms with Gasteiger partial charge >= 0.3 is 12.0 Å². The first-order chi connectivity index (χ1) is 10.1. The predicted octanol–water partition coefficient (Wildman–Crippen LogP) is 1.81. The highest BCUT2D eigenvalue weighted by molar-refractivity contribution is 5.92. The van der Waals surface area contributed by atoms with Crippen LogP contribution in [0.5, 0.6) is 0 Å². The summed E-state index contributed by atoms with van der Waals surface area (Å²) in [5.41, 5.74) is 0.426. The number of likely N-dealkylation sites (tertiary alicyclic amines) is 1. The maximum Gasteiger partial charge on any atom is 0.337 e. The molecule has 0 spiro atoms. The number of aromatic carboxylic acids is 1. The minimum absolute atomic E-state index is 0.0443. The summed E-state index contributed by atoms with van der Waals surface area (Å²) in [4.78, 5) is 28.5. The minimum atomic E-state index is -1.07. The second-order valence-electron chi connectivity index (χ2n) is 4.84. The number of rotatable bonds is 4. The normalized spacial score (nSPS) is 15.8. The third-order valence-electron chi connectivity index (χ3n) is 3.37. The Labute approximate surface area is 122 Å². The summed E-state index contributed by atoms with van der Waals surface area (Å²) >= 11 is 0. The first kappa shape index (κ1) is 15.2. The lowest BCUT2D eigenvalue weighted by atomic mass is 10.1. The fraction of sp³-hybridized carbons (Fsp3) is 0.500. The zero-order valence-electron chi connectivity index (χ0n) is 11.9. The van der Waals surface area contributed by atoms with Crippen LogP contribution in [0.15, 0.2) is 18.5 Å². The molecule has 0 atom stereocenters. The maximum atomic E-state index is 12.1. The van der Waals surface area contributed by atoms with Crippen LogP contribution in [-0.4, -0.2) is 52.8 Å². The fourth-order valence-electron chi connectivity index (χ4n) is 2.29. The number of nitrogens with zero attached hydrogens (tertiary/aromatic N) is 2. The quantitative estimate of drug-likeness (QED) is 0.883. The standard InChI is InChI=1S/C14H19N3O4/c1-2-21-12-3-5-17(6-4-12)14(20)16-11-7-10(13(18)19)8-15-9-11/h7-9,12H,2-6H2,1H3,(H,16,20)(H,18,19). The van der Waals surface area contributed by atoms with Gasteiger partial charge in [-0.2, -0.15) is 0 Å². The van der Waals surface area contributed by atoms with Crippen molar-refractivity contribution in [3.63, 3.8) is 0 Å². The molecular formula is C14H19N3O4. The Morgan fingerprint density at radius 1 is 1.43 bits per heavy atom. The lowest BCUT2D eigenvalue weighted by Gasteiger charge is -2.31. The second kappa shape index (κ2) is 7.03. The SMILES string of the molecule is CCOC1CCN(C(=O)Nc2cncc(C(=O)O)c2)CC1. The second-order valence-corrected chi connectivity index (χ2v) is 4.84. The Morgan fingerprint density at radius 2 is 2.14 bits per heavy atom. The average molecular weight is 293 g/mol. The van der Waals surface area contributed by atoms with Crippen molar-refractivity contribution in [2.24, 2.45) is 0 Å². The van der Waals surface area contributed by atoms with Crippen LogP contribution in [0.3, 0.4) is 0 Å². The van der Waals surface area contributed by atoms with Crippen molar-refractivity contribution in [1.29, 1.82) is 0 Å². The van der Waals surface area contributed by atoms with E-state index in [9.17, 15) is 9.59 Å². The first-order valence-electron chi connectivity index (χ1n) is 6.96. The molecule has 1 aromatic rings. The lowest BCUT2D eigenvalue weighted by molar-refractivity contribution is 0.0232.